The fourth-order valence-electron chi connectivity index (χ4n) is 4.68. The molecule has 0 fully saturated rings. The Morgan fingerprint density at radius 2 is 1.62 bits per heavy atom. The molecule has 0 saturated heterocycles. The zero-order valence-corrected chi connectivity index (χ0v) is 22.4. The van der Waals surface area contributed by atoms with Crippen LogP contribution >= 0.6 is 0 Å². The van der Waals surface area contributed by atoms with E-state index in [0.29, 0.717) is 22.7 Å². The van der Waals surface area contributed by atoms with Gasteiger partial charge in [0.15, 0.2) is 6.61 Å². The van der Waals surface area contributed by atoms with E-state index in [9.17, 15) is 17.6 Å². The number of amides is 1. The molecule has 0 spiro atoms. The maximum Gasteiger partial charge on any atom is 0.262 e. The number of halogens is 1. The lowest BCUT2D eigenvalue weighted by molar-refractivity contribution is -0.118. The molecule has 7 nitrogen and oxygen atoms in total. The first-order valence-electron chi connectivity index (χ1n) is 12.5. The number of hydrogen-bond acceptors (Lipinski definition) is 4. The van der Waals surface area contributed by atoms with Crippen molar-refractivity contribution in [2.45, 2.75) is 20.0 Å². The highest BCUT2D eigenvalue weighted by atomic mass is 32.2. The molecule has 200 valence electrons. The third kappa shape index (κ3) is 5.73. The molecule has 0 aliphatic rings. The molecule has 0 radical (unpaired) electrons. The Kier molecular flexibility index (Phi) is 7.26. The van der Waals surface area contributed by atoms with Gasteiger partial charge in [-0.05, 0) is 73.2 Å². The van der Waals surface area contributed by atoms with Crippen molar-refractivity contribution in [1.29, 1.82) is 0 Å². The second-order valence-corrected chi connectivity index (χ2v) is 11.1. The summed E-state index contributed by atoms with van der Waals surface area (Å²) in [5.74, 6) is -0.280. The minimum atomic E-state index is -3.60. The van der Waals surface area contributed by atoms with Crippen LogP contribution in [0.1, 0.15) is 12.5 Å². The molecule has 0 bridgehead atoms. The van der Waals surface area contributed by atoms with E-state index in [4.69, 9.17) is 4.74 Å². The van der Waals surface area contributed by atoms with Crippen molar-refractivity contribution < 1.29 is 22.3 Å². The lowest BCUT2D eigenvalue weighted by Gasteiger charge is -2.22. The number of carbonyl (C=O) groups excluding carboxylic acids is 1. The maximum absolute atomic E-state index is 13.2. The second kappa shape index (κ2) is 10.8. The summed E-state index contributed by atoms with van der Waals surface area (Å²) in [5.41, 5.74) is 4.01. The van der Waals surface area contributed by atoms with Gasteiger partial charge in [-0.3, -0.25) is 9.10 Å². The monoisotopic (exact) mass is 545 g/mol. The number of rotatable bonds is 9. The van der Waals surface area contributed by atoms with E-state index >= 15 is 0 Å². The number of nitrogens with one attached hydrogen (secondary N) is 1. The van der Waals surface area contributed by atoms with Crippen LogP contribution < -0.4 is 14.4 Å². The van der Waals surface area contributed by atoms with E-state index in [1.165, 1.54) is 16.4 Å². The summed E-state index contributed by atoms with van der Waals surface area (Å²) in [5, 5.41) is 5.09. The van der Waals surface area contributed by atoms with Gasteiger partial charge in [0.2, 0.25) is 10.0 Å². The second-order valence-electron chi connectivity index (χ2n) is 9.22. The van der Waals surface area contributed by atoms with Crippen molar-refractivity contribution in [1.82, 2.24) is 4.57 Å². The van der Waals surface area contributed by atoms with Gasteiger partial charge >= 0.3 is 0 Å². The summed E-state index contributed by atoms with van der Waals surface area (Å²) >= 11 is 0. The largest absolute Gasteiger partial charge is 0.484 e. The van der Waals surface area contributed by atoms with Crippen LogP contribution in [0.4, 0.5) is 15.8 Å². The van der Waals surface area contributed by atoms with Gasteiger partial charge in [0.25, 0.3) is 5.91 Å². The number of aromatic nitrogens is 1. The average Bonchev–Trinajstić information content (AvgIpc) is 3.24. The number of aryl methyl sites for hydroxylation is 1. The first-order chi connectivity index (χ1) is 18.7. The molecule has 1 N–H and O–H groups in total. The van der Waals surface area contributed by atoms with Gasteiger partial charge in [-0.25, -0.2) is 12.8 Å². The summed E-state index contributed by atoms with van der Waals surface area (Å²) in [7, 11) is -3.60. The summed E-state index contributed by atoms with van der Waals surface area (Å²) in [6, 6.07) is 26.1. The number of hydrogen-bond donors (Lipinski definition) is 1. The summed E-state index contributed by atoms with van der Waals surface area (Å²) < 4.78 is 47.2. The molecular formula is C30H28FN3O4S. The Morgan fingerprint density at radius 1 is 0.923 bits per heavy atom. The molecule has 1 heterocycles. The minimum absolute atomic E-state index is 0.0585. The van der Waals surface area contributed by atoms with E-state index < -0.39 is 10.0 Å². The van der Waals surface area contributed by atoms with Gasteiger partial charge < -0.3 is 14.6 Å². The van der Waals surface area contributed by atoms with E-state index in [-0.39, 0.29) is 24.9 Å². The molecule has 0 aliphatic carbocycles. The Bertz CT molecular complexity index is 1750. The number of para-hydroxylation sites is 1. The van der Waals surface area contributed by atoms with Gasteiger partial charge in [-0.15, -0.1) is 0 Å². The fourth-order valence-corrected chi connectivity index (χ4v) is 5.57. The Morgan fingerprint density at radius 3 is 2.31 bits per heavy atom. The van der Waals surface area contributed by atoms with Gasteiger partial charge in [-0.1, -0.05) is 30.3 Å². The molecule has 0 atom stereocenters. The van der Waals surface area contributed by atoms with Gasteiger partial charge in [0, 0.05) is 34.0 Å². The predicted octanol–water partition coefficient (Wildman–Crippen LogP) is 5.94. The molecule has 4 aromatic carbocycles. The van der Waals surface area contributed by atoms with Gasteiger partial charge in [0.1, 0.15) is 11.6 Å². The maximum atomic E-state index is 13.2. The van der Waals surface area contributed by atoms with Crippen LogP contribution in [0.15, 0.2) is 91.0 Å². The summed E-state index contributed by atoms with van der Waals surface area (Å²) in [4.78, 5) is 12.6. The van der Waals surface area contributed by atoms with Crippen LogP contribution in [-0.4, -0.2) is 31.8 Å². The Labute approximate surface area is 226 Å². The van der Waals surface area contributed by atoms with Crippen molar-refractivity contribution in [3.63, 3.8) is 0 Å². The SMILES string of the molecule is CCn1c2ccccc2c2cc(NC(=O)COc3ccc(N(Cc4ccc(F)cc4)S(C)(=O)=O)cc3)ccc21. The smallest absolute Gasteiger partial charge is 0.262 e. The van der Waals surface area contributed by atoms with E-state index in [0.717, 1.165) is 34.6 Å². The van der Waals surface area contributed by atoms with Crippen molar-refractivity contribution in [3.05, 3.63) is 102 Å². The van der Waals surface area contributed by atoms with Crippen LogP contribution in [0.5, 0.6) is 5.75 Å². The van der Waals surface area contributed by atoms with Crippen molar-refractivity contribution in [2.24, 2.45) is 0 Å². The van der Waals surface area contributed by atoms with Crippen LogP contribution in [0.25, 0.3) is 21.8 Å². The molecule has 1 amide bonds. The van der Waals surface area contributed by atoms with Crippen molar-refractivity contribution in [2.75, 3.05) is 22.5 Å². The molecule has 0 unspecified atom stereocenters. The highest BCUT2D eigenvalue weighted by Gasteiger charge is 2.18. The average molecular weight is 546 g/mol. The van der Waals surface area contributed by atoms with E-state index in [1.54, 1.807) is 36.4 Å². The number of anilines is 2. The van der Waals surface area contributed by atoms with Crippen molar-refractivity contribution in [3.8, 4) is 5.75 Å². The molecule has 0 aliphatic heterocycles. The van der Waals surface area contributed by atoms with Crippen LogP contribution in [0.2, 0.25) is 0 Å². The summed E-state index contributed by atoms with van der Waals surface area (Å²) in [6.45, 7) is 2.80. The zero-order valence-electron chi connectivity index (χ0n) is 21.6. The van der Waals surface area contributed by atoms with E-state index in [1.807, 2.05) is 30.3 Å². The Balaban J connectivity index is 1.25. The van der Waals surface area contributed by atoms with E-state index in [2.05, 4.69) is 28.9 Å². The Hall–Kier alpha value is -4.37. The molecule has 9 heteroatoms. The van der Waals surface area contributed by atoms with Crippen LogP contribution in [0.3, 0.4) is 0 Å². The van der Waals surface area contributed by atoms with Crippen LogP contribution in [0, 0.1) is 5.82 Å². The highest BCUT2D eigenvalue weighted by molar-refractivity contribution is 7.92. The third-order valence-electron chi connectivity index (χ3n) is 6.51. The zero-order chi connectivity index (χ0) is 27.6. The number of fused-ring (bicyclic) bond motifs is 3. The topological polar surface area (TPSA) is 80.6 Å². The molecule has 5 aromatic rings. The quantitative estimate of drug-likeness (QED) is 0.249. The lowest BCUT2D eigenvalue weighted by Crippen LogP contribution is -2.29. The minimum Gasteiger partial charge on any atom is -0.484 e. The fraction of sp³-hybridized carbons (Fsp3) is 0.167. The number of carbonyl (C=O) groups is 1. The van der Waals surface area contributed by atoms with Gasteiger partial charge in [-0.2, -0.15) is 0 Å². The molecule has 1 aromatic heterocycles. The van der Waals surface area contributed by atoms with Crippen LogP contribution in [-0.2, 0) is 27.9 Å². The number of benzene rings is 4. The first-order valence-corrected chi connectivity index (χ1v) is 14.3. The predicted molar refractivity (Wildman–Crippen MR) is 153 cm³/mol. The summed E-state index contributed by atoms with van der Waals surface area (Å²) in [6.07, 6.45) is 1.11. The molecule has 39 heavy (non-hydrogen) atoms. The number of ether oxygens (including phenoxy) is 1. The third-order valence-corrected chi connectivity index (χ3v) is 7.65. The normalized spacial score (nSPS) is 11.6. The van der Waals surface area contributed by atoms with Crippen molar-refractivity contribution >= 4 is 49.1 Å². The number of nitrogens with zero attached hydrogens (tertiary/aromatic N) is 2. The first kappa shape index (κ1) is 26.2. The standard InChI is InChI=1S/C30H28FN3O4S/c1-3-33-28-7-5-4-6-26(28)27-18-23(12-17-29(27)33)32-30(35)20-38-25-15-13-24(14-16-25)34(39(2,36)37)19-21-8-10-22(31)11-9-21/h4-18H,3,19-20H2,1-2H3,(H,32,35). The van der Waals surface area contributed by atoms with Gasteiger partial charge in [0.05, 0.1) is 18.5 Å². The number of sulfonamides is 1. The molecule has 5 rings (SSSR count). The molecular weight excluding hydrogens is 517 g/mol. The lowest BCUT2D eigenvalue weighted by atomic mass is 10.1. The molecule has 0 saturated carbocycles. The highest BCUT2D eigenvalue weighted by Crippen LogP contribution is 2.31.